The molecule has 3 rings (SSSR count). The van der Waals surface area contributed by atoms with Crippen molar-refractivity contribution >= 4 is 0 Å². The van der Waals surface area contributed by atoms with Crippen molar-refractivity contribution in [3.8, 4) is 22.9 Å². The number of rotatable bonds is 4. The standard InChI is InChI=1S/C20H15NO.C2H6/c21-14-17-8-4-9-18(12-17)19-10-5-11-20(13-19)22-15-16-6-2-1-3-7-16;1-2/h1-13H,15H2;1-2H3. The average molecular weight is 315 g/mol. The van der Waals surface area contributed by atoms with Crippen LogP contribution >= 0.6 is 0 Å². The van der Waals surface area contributed by atoms with Gasteiger partial charge in [0.1, 0.15) is 12.4 Å². The number of hydrogen-bond donors (Lipinski definition) is 0. The number of ether oxygens (including phenoxy) is 1. The van der Waals surface area contributed by atoms with E-state index >= 15 is 0 Å². The van der Waals surface area contributed by atoms with Crippen LogP contribution in [0, 0.1) is 11.3 Å². The third-order valence-electron chi connectivity index (χ3n) is 3.41. The quantitative estimate of drug-likeness (QED) is 0.606. The molecule has 2 nitrogen and oxygen atoms in total. The largest absolute Gasteiger partial charge is 0.489 e. The smallest absolute Gasteiger partial charge is 0.120 e. The molecule has 0 aliphatic heterocycles. The van der Waals surface area contributed by atoms with E-state index in [-0.39, 0.29) is 0 Å². The van der Waals surface area contributed by atoms with E-state index in [1.807, 2.05) is 86.6 Å². The summed E-state index contributed by atoms with van der Waals surface area (Å²) >= 11 is 0. The number of benzene rings is 3. The monoisotopic (exact) mass is 315 g/mol. The molecule has 24 heavy (non-hydrogen) atoms. The second kappa shape index (κ2) is 9.17. The van der Waals surface area contributed by atoms with Crippen LogP contribution in [0.1, 0.15) is 25.0 Å². The zero-order valence-corrected chi connectivity index (χ0v) is 14.1. The van der Waals surface area contributed by atoms with Crippen LogP contribution < -0.4 is 4.74 Å². The average Bonchev–Trinajstić information content (AvgIpc) is 2.69. The summed E-state index contributed by atoms with van der Waals surface area (Å²) in [6, 6.07) is 27.8. The minimum absolute atomic E-state index is 0.544. The van der Waals surface area contributed by atoms with Gasteiger partial charge in [-0.3, -0.25) is 0 Å². The Morgan fingerprint density at radius 3 is 2.17 bits per heavy atom. The minimum atomic E-state index is 0.544. The van der Waals surface area contributed by atoms with Crippen LogP contribution in [0.15, 0.2) is 78.9 Å². The summed E-state index contributed by atoms with van der Waals surface area (Å²) in [7, 11) is 0. The van der Waals surface area contributed by atoms with Crippen LogP contribution in [0.2, 0.25) is 0 Å². The third kappa shape index (κ3) is 4.72. The molecule has 0 saturated carbocycles. The van der Waals surface area contributed by atoms with Crippen LogP contribution in [0.3, 0.4) is 0 Å². The molecule has 0 aliphatic rings. The Labute approximate surface area is 144 Å². The molecule has 0 radical (unpaired) electrons. The van der Waals surface area contributed by atoms with Crippen molar-refractivity contribution in [1.29, 1.82) is 5.26 Å². The zero-order valence-electron chi connectivity index (χ0n) is 14.1. The van der Waals surface area contributed by atoms with Gasteiger partial charge in [-0.25, -0.2) is 0 Å². The molecule has 3 aromatic carbocycles. The first-order valence-electron chi connectivity index (χ1n) is 8.12. The lowest BCUT2D eigenvalue weighted by molar-refractivity contribution is 0.306. The van der Waals surface area contributed by atoms with Crippen LogP contribution in [0.5, 0.6) is 5.75 Å². The molecule has 0 N–H and O–H groups in total. The summed E-state index contributed by atoms with van der Waals surface area (Å²) in [5.74, 6) is 0.823. The molecule has 0 unspecified atom stereocenters. The molecule has 0 bridgehead atoms. The molecule has 0 aliphatic carbocycles. The van der Waals surface area contributed by atoms with Gasteiger partial charge < -0.3 is 4.74 Å². The molecular weight excluding hydrogens is 294 g/mol. The van der Waals surface area contributed by atoms with Gasteiger partial charge in [0.15, 0.2) is 0 Å². The van der Waals surface area contributed by atoms with Crippen molar-refractivity contribution in [3.05, 3.63) is 90.0 Å². The maximum Gasteiger partial charge on any atom is 0.120 e. The van der Waals surface area contributed by atoms with Crippen LogP contribution in [0.25, 0.3) is 11.1 Å². The van der Waals surface area contributed by atoms with E-state index < -0.39 is 0 Å². The maximum atomic E-state index is 9.00. The summed E-state index contributed by atoms with van der Waals surface area (Å²) in [4.78, 5) is 0. The van der Waals surface area contributed by atoms with Gasteiger partial charge in [0.25, 0.3) is 0 Å². The summed E-state index contributed by atoms with van der Waals surface area (Å²) in [6.07, 6.45) is 0. The number of hydrogen-bond acceptors (Lipinski definition) is 2. The molecule has 0 atom stereocenters. The second-order valence-corrected chi connectivity index (χ2v) is 4.99. The van der Waals surface area contributed by atoms with Crippen molar-refractivity contribution in [1.82, 2.24) is 0 Å². The van der Waals surface area contributed by atoms with E-state index in [2.05, 4.69) is 6.07 Å². The molecule has 0 saturated heterocycles. The van der Waals surface area contributed by atoms with E-state index in [1.165, 1.54) is 0 Å². The topological polar surface area (TPSA) is 33.0 Å². The van der Waals surface area contributed by atoms with Crippen molar-refractivity contribution in [3.63, 3.8) is 0 Å². The van der Waals surface area contributed by atoms with Gasteiger partial charge in [-0.2, -0.15) is 5.26 Å². The van der Waals surface area contributed by atoms with Crippen molar-refractivity contribution in [2.24, 2.45) is 0 Å². The van der Waals surface area contributed by atoms with Crippen LogP contribution in [0.4, 0.5) is 0 Å². The first-order chi connectivity index (χ1) is 11.8. The summed E-state index contributed by atoms with van der Waals surface area (Å²) in [5.41, 5.74) is 3.86. The molecule has 0 fully saturated rings. The van der Waals surface area contributed by atoms with Crippen molar-refractivity contribution in [2.75, 3.05) is 0 Å². The molecule has 0 amide bonds. The molecule has 0 heterocycles. The van der Waals surface area contributed by atoms with Gasteiger partial charge in [-0.05, 0) is 41.0 Å². The Bertz CT molecular complexity index is 803. The Hall–Kier alpha value is -3.05. The molecule has 2 heteroatoms. The van der Waals surface area contributed by atoms with E-state index in [0.717, 1.165) is 22.4 Å². The van der Waals surface area contributed by atoms with E-state index in [0.29, 0.717) is 12.2 Å². The Morgan fingerprint density at radius 2 is 1.46 bits per heavy atom. The SMILES string of the molecule is CC.N#Cc1cccc(-c2cccc(OCc3ccccc3)c2)c1. The van der Waals surface area contributed by atoms with Crippen molar-refractivity contribution in [2.45, 2.75) is 20.5 Å². The van der Waals surface area contributed by atoms with Crippen LogP contribution in [-0.2, 0) is 6.61 Å². The lowest BCUT2D eigenvalue weighted by Gasteiger charge is -2.08. The Kier molecular flexibility index (Phi) is 6.61. The van der Waals surface area contributed by atoms with E-state index in [4.69, 9.17) is 10.00 Å². The maximum absolute atomic E-state index is 9.00. The van der Waals surface area contributed by atoms with E-state index in [1.54, 1.807) is 6.07 Å². The van der Waals surface area contributed by atoms with Crippen molar-refractivity contribution < 1.29 is 4.74 Å². The highest BCUT2D eigenvalue weighted by molar-refractivity contribution is 5.66. The fraction of sp³-hybridized carbons (Fsp3) is 0.136. The van der Waals surface area contributed by atoms with E-state index in [9.17, 15) is 0 Å². The van der Waals surface area contributed by atoms with Gasteiger partial charge in [0, 0.05) is 0 Å². The first-order valence-corrected chi connectivity index (χ1v) is 8.12. The van der Waals surface area contributed by atoms with Gasteiger partial charge in [-0.1, -0.05) is 68.4 Å². The lowest BCUT2D eigenvalue weighted by atomic mass is 10.0. The number of nitrogens with zero attached hydrogens (tertiary/aromatic N) is 1. The Balaban J connectivity index is 0.00000100. The summed E-state index contributed by atoms with van der Waals surface area (Å²) < 4.78 is 5.85. The molecule has 3 aromatic rings. The van der Waals surface area contributed by atoms with Gasteiger partial charge >= 0.3 is 0 Å². The first kappa shape index (κ1) is 17.3. The number of nitriles is 1. The normalized spacial score (nSPS) is 9.38. The summed E-state index contributed by atoms with van der Waals surface area (Å²) in [5, 5.41) is 9.00. The minimum Gasteiger partial charge on any atom is -0.489 e. The highest BCUT2D eigenvalue weighted by atomic mass is 16.5. The van der Waals surface area contributed by atoms with Gasteiger partial charge in [-0.15, -0.1) is 0 Å². The highest BCUT2D eigenvalue weighted by Gasteiger charge is 2.02. The molecule has 0 aromatic heterocycles. The Morgan fingerprint density at radius 1 is 0.792 bits per heavy atom. The predicted molar refractivity (Wildman–Crippen MR) is 98.7 cm³/mol. The van der Waals surface area contributed by atoms with Gasteiger partial charge in [0.2, 0.25) is 0 Å². The molecular formula is C22H21NO. The van der Waals surface area contributed by atoms with Crippen LogP contribution in [-0.4, -0.2) is 0 Å². The zero-order chi connectivity index (χ0) is 17.2. The molecule has 0 spiro atoms. The predicted octanol–water partition coefficient (Wildman–Crippen LogP) is 5.83. The fourth-order valence-corrected chi connectivity index (χ4v) is 2.27. The molecule has 120 valence electrons. The third-order valence-corrected chi connectivity index (χ3v) is 3.41. The van der Waals surface area contributed by atoms with Gasteiger partial charge in [0.05, 0.1) is 11.6 Å². The highest BCUT2D eigenvalue weighted by Crippen LogP contribution is 2.25. The lowest BCUT2D eigenvalue weighted by Crippen LogP contribution is -1.95. The second-order valence-electron chi connectivity index (χ2n) is 4.99. The fourth-order valence-electron chi connectivity index (χ4n) is 2.27. The summed E-state index contributed by atoms with van der Waals surface area (Å²) in [6.45, 7) is 4.54.